The number of ether oxygens (including phenoxy) is 1. The molecule has 1 amide bonds. The molecule has 0 radical (unpaired) electrons. The lowest BCUT2D eigenvalue weighted by Crippen LogP contribution is -2.40. The minimum absolute atomic E-state index is 0.0276. The SMILES string of the molecule is CCNc1cc2c(cn1)c(C1CCN(C(=O)C(C)C)CC1)nn2[C@H]1CC[C@@H](Oc2nccc(C(F)(F)F)c2F)CC1. The number of aromatic nitrogens is 4. The Labute approximate surface area is 236 Å². The summed E-state index contributed by atoms with van der Waals surface area (Å²) in [5.74, 6) is -0.979. The zero-order valence-electron chi connectivity index (χ0n) is 23.5. The van der Waals surface area contributed by atoms with E-state index in [-0.39, 0.29) is 23.8 Å². The fourth-order valence-corrected chi connectivity index (χ4v) is 5.94. The highest BCUT2D eigenvalue weighted by Crippen LogP contribution is 2.39. The van der Waals surface area contributed by atoms with Crippen molar-refractivity contribution in [1.29, 1.82) is 0 Å². The van der Waals surface area contributed by atoms with Gasteiger partial charge in [0.15, 0.2) is 5.82 Å². The van der Waals surface area contributed by atoms with Gasteiger partial charge in [0.25, 0.3) is 5.88 Å². The number of carbonyl (C=O) groups is 1. The Morgan fingerprint density at radius 3 is 2.46 bits per heavy atom. The van der Waals surface area contributed by atoms with Crippen LogP contribution in [0.5, 0.6) is 5.88 Å². The monoisotopic (exact) mass is 576 g/mol. The molecule has 1 aliphatic heterocycles. The van der Waals surface area contributed by atoms with Crippen molar-refractivity contribution in [2.24, 2.45) is 5.92 Å². The minimum atomic E-state index is -4.82. The number of rotatable bonds is 7. The molecule has 12 heteroatoms. The first kappa shape index (κ1) is 29.1. The number of hydrogen-bond donors (Lipinski definition) is 1. The zero-order valence-corrected chi connectivity index (χ0v) is 23.5. The van der Waals surface area contributed by atoms with E-state index in [1.165, 1.54) is 0 Å². The van der Waals surface area contributed by atoms with Gasteiger partial charge in [-0.05, 0) is 51.5 Å². The fraction of sp³-hybridized carbons (Fsp3) is 0.586. The molecular formula is C29H36F4N6O2. The summed E-state index contributed by atoms with van der Waals surface area (Å²) in [7, 11) is 0. The largest absolute Gasteiger partial charge is 0.472 e. The second kappa shape index (κ2) is 11.8. The lowest BCUT2D eigenvalue weighted by Gasteiger charge is -2.32. The summed E-state index contributed by atoms with van der Waals surface area (Å²) in [6.45, 7) is 7.96. The van der Waals surface area contributed by atoms with Crippen LogP contribution in [0, 0.1) is 11.7 Å². The number of piperidine rings is 1. The van der Waals surface area contributed by atoms with Crippen LogP contribution in [0.15, 0.2) is 24.5 Å². The molecule has 1 saturated heterocycles. The van der Waals surface area contributed by atoms with E-state index in [4.69, 9.17) is 9.84 Å². The smallest absolute Gasteiger partial charge is 0.419 e. The number of pyridine rings is 2. The number of fused-ring (bicyclic) bond motifs is 1. The van der Waals surface area contributed by atoms with Gasteiger partial charge in [0.05, 0.1) is 22.8 Å². The van der Waals surface area contributed by atoms with Crippen molar-refractivity contribution in [3.63, 3.8) is 0 Å². The molecule has 1 N–H and O–H groups in total. The van der Waals surface area contributed by atoms with E-state index in [1.807, 2.05) is 37.9 Å². The molecular weight excluding hydrogens is 540 g/mol. The van der Waals surface area contributed by atoms with E-state index >= 15 is 0 Å². The third-order valence-electron chi connectivity index (χ3n) is 8.10. The van der Waals surface area contributed by atoms with Crippen molar-refractivity contribution in [3.05, 3.63) is 41.6 Å². The van der Waals surface area contributed by atoms with E-state index in [1.54, 1.807) is 0 Å². The molecule has 8 nitrogen and oxygen atoms in total. The van der Waals surface area contributed by atoms with Crippen LogP contribution in [0.3, 0.4) is 0 Å². The molecule has 1 saturated carbocycles. The molecule has 2 fully saturated rings. The zero-order chi connectivity index (χ0) is 29.3. The maximum atomic E-state index is 14.5. The summed E-state index contributed by atoms with van der Waals surface area (Å²) >= 11 is 0. The van der Waals surface area contributed by atoms with E-state index in [0.29, 0.717) is 44.8 Å². The Bertz CT molecular complexity index is 1380. The topological polar surface area (TPSA) is 85.2 Å². The van der Waals surface area contributed by atoms with Crippen LogP contribution >= 0.6 is 0 Å². The summed E-state index contributed by atoms with van der Waals surface area (Å²) < 4.78 is 61.5. The van der Waals surface area contributed by atoms with Crippen LogP contribution in [0.4, 0.5) is 23.4 Å². The van der Waals surface area contributed by atoms with Crippen molar-refractivity contribution < 1.29 is 27.1 Å². The van der Waals surface area contributed by atoms with Gasteiger partial charge < -0.3 is 15.0 Å². The molecule has 0 aromatic carbocycles. The van der Waals surface area contributed by atoms with Crippen molar-refractivity contribution in [2.75, 3.05) is 25.0 Å². The van der Waals surface area contributed by atoms with Gasteiger partial charge in [-0.15, -0.1) is 0 Å². The van der Waals surface area contributed by atoms with Crippen molar-refractivity contribution in [1.82, 2.24) is 24.6 Å². The fourth-order valence-electron chi connectivity index (χ4n) is 5.94. The Kier molecular flexibility index (Phi) is 8.37. The number of anilines is 1. The Morgan fingerprint density at radius 2 is 1.83 bits per heavy atom. The molecule has 3 aromatic heterocycles. The molecule has 0 spiro atoms. The molecule has 3 aromatic rings. The Hall–Kier alpha value is -3.44. The van der Waals surface area contributed by atoms with Crippen LogP contribution in [0.2, 0.25) is 0 Å². The predicted molar refractivity (Wildman–Crippen MR) is 146 cm³/mol. The molecule has 5 rings (SSSR count). The van der Waals surface area contributed by atoms with Gasteiger partial charge in [-0.1, -0.05) is 13.8 Å². The third-order valence-corrected chi connectivity index (χ3v) is 8.10. The van der Waals surface area contributed by atoms with Gasteiger partial charge in [-0.3, -0.25) is 9.48 Å². The average molecular weight is 577 g/mol. The molecule has 2 aliphatic rings. The van der Waals surface area contributed by atoms with E-state index < -0.39 is 29.5 Å². The van der Waals surface area contributed by atoms with Crippen LogP contribution < -0.4 is 10.1 Å². The van der Waals surface area contributed by atoms with Crippen molar-refractivity contribution >= 4 is 22.6 Å². The van der Waals surface area contributed by atoms with Gasteiger partial charge >= 0.3 is 6.18 Å². The Morgan fingerprint density at radius 1 is 1.12 bits per heavy atom. The standard InChI is InChI=1S/C29H36F4N6O2/c1-4-34-24-15-23-21(16-36-24)26(18-10-13-38(14-11-18)28(40)17(2)3)37-39(23)19-5-7-20(8-6-19)41-27-25(30)22(9-12-35-27)29(31,32)33/h9,12,15-20H,4-8,10-11,13-14H2,1-3H3,(H,34,36)/t19-,20+. The number of likely N-dealkylation sites (tertiary alicyclic amines) is 1. The summed E-state index contributed by atoms with van der Waals surface area (Å²) in [6.07, 6.45) is 1.58. The van der Waals surface area contributed by atoms with E-state index in [0.717, 1.165) is 48.0 Å². The van der Waals surface area contributed by atoms with Gasteiger partial charge in [0, 0.05) is 55.3 Å². The highest BCUT2D eigenvalue weighted by atomic mass is 19.4. The third kappa shape index (κ3) is 6.11. The summed E-state index contributed by atoms with van der Waals surface area (Å²) in [5.41, 5.74) is 0.582. The number of halogens is 4. The number of amides is 1. The van der Waals surface area contributed by atoms with Gasteiger partial charge in [-0.2, -0.15) is 18.3 Å². The lowest BCUT2D eigenvalue weighted by molar-refractivity contribution is -0.140. The van der Waals surface area contributed by atoms with Crippen LogP contribution in [-0.4, -0.2) is 56.3 Å². The minimum Gasteiger partial charge on any atom is -0.472 e. The second-order valence-corrected chi connectivity index (χ2v) is 11.2. The quantitative estimate of drug-likeness (QED) is 0.331. The highest BCUT2D eigenvalue weighted by Gasteiger charge is 2.37. The van der Waals surface area contributed by atoms with Crippen LogP contribution in [-0.2, 0) is 11.0 Å². The normalized spacial score (nSPS) is 20.5. The van der Waals surface area contributed by atoms with Crippen molar-refractivity contribution in [2.45, 2.75) is 83.5 Å². The molecule has 0 atom stereocenters. The maximum absolute atomic E-state index is 14.5. The second-order valence-electron chi connectivity index (χ2n) is 11.2. The first-order valence-corrected chi connectivity index (χ1v) is 14.4. The first-order valence-electron chi connectivity index (χ1n) is 14.4. The molecule has 4 heterocycles. The number of nitrogens with one attached hydrogen (secondary N) is 1. The molecule has 222 valence electrons. The molecule has 0 bridgehead atoms. The summed E-state index contributed by atoms with van der Waals surface area (Å²) in [4.78, 5) is 22.7. The van der Waals surface area contributed by atoms with Crippen LogP contribution in [0.25, 0.3) is 10.9 Å². The highest BCUT2D eigenvalue weighted by molar-refractivity contribution is 5.84. The maximum Gasteiger partial charge on any atom is 0.419 e. The average Bonchev–Trinajstić information content (AvgIpc) is 3.32. The Balaban J connectivity index is 1.33. The first-order chi connectivity index (χ1) is 19.6. The molecule has 41 heavy (non-hydrogen) atoms. The summed E-state index contributed by atoms with van der Waals surface area (Å²) in [5, 5.41) is 9.37. The van der Waals surface area contributed by atoms with Gasteiger partial charge in [0.1, 0.15) is 11.9 Å². The molecule has 1 aliphatic carbocycles. The van der Waals surface area contributed by atoms with Crippen molar-refractivity contribution in [3.8, 4) is 5.88 Å². The lowest BCUT2D eigenvalue weighted by atomic mass is 9.91. The number of alkyl halides is 3. The number of hydrogen-bond acceptors (Lipinski definition) is 6. The van der Waals surface area contributed by atoms with E-state index in [2.05, 4.69) is 20.0 Å². The number of nitrogens with zero attached hydrogens (tertiary/aromatic N) is 5. The van der Waals surface area contributed by atoms with Gasteiger partial charge in [-0.25, -0.2) is 14.4 Å². The number of carbonyl (C=O) groups excluding carboxylic acids is 1. The van der Waals surface area contributed by atoms with Crippen LogP contribution in [0.1, 0.15) is 82.5 Å². The van der Waals surface area contributed by atoms with E-state index in [9.17, 15) is 22.4 Å². The van der Waals surface area contributed by atoms with Gasteiger partial charge in [0.2, 0.25) is 5.91 Å². The summed E-state index contributed by atoms with van der Waals surface area (Å²) in [6, 6.07) is 2.67. The molecule has 0 unspecified atom stereocenters. The predicted octanol–water partition coefficient (Wildman–Crippen LogP) is 6.34.